The van der Waals surface area contributed by atoms with Crippen molar-refractivity contribution < 1.29 is 24.5 Å². The third-order valence-corrected chi connectivity index (χ3v) is 16.1. The summed E-state index contributed by atoms with van der Waals surface area (Å²) in [7, 11) is 0. The molecule has 2 atom stereocenters. The molecule has 440 valence electrons. The second kappa shape index (κ2) is 64.1. The maximum absolute atomic E-state index is 12.5. The van der Waals surface area contributed by atoms with E-state index in [4.69, 9.17) is 4.74 Å². The zero-order valence-corrected chi connectivity index (χ0v) is 50.4. The molecule has 0 aromatic rings. The van der Waals surface area contributed by atoms with Crippen LogP contribution in [0.1, 0.15) is 386 Å². The smallest absolute Gasteiger partial charge is 0.305 e. The van der Waals surface area contributed by atoms with Crippen molar-refractivity contribution in [2.45, 2.75) is 398 Å². The van der Waals surface area contributed by atoms with E-state index < -0.39 is 12.1 Å². The van der Waals surface area contributed by atoms with E-state index in [1.807, 2.05) is 0 Å². The van der Waals surface area contributed by atoms with Gasteiger partial charge < -0.3 is 20.3 Å². The van der Waals surface area contributed by atoms with Crippen LogP contribution in [0.15, 0.2) is 12.2 Å². The predicted octanol–water partition coefficient (Wildman–Crippen LogP) is 21.6. The minimum absolute atomic E-state index is 0.00896. The van der Waals surface area contributed by atoms with Crippen molar-refractivity contribution in [1.82, 2.24) is 5.32 Å². The third kappa shape index (κ3) is 59.8. The summed E-state index contributed by atoms with van der Waals surface area (Å²) in [5.74, 6) is -0.0237. The van der Waals surface area contributed by atoms with Gasteiger partial charge in [0.05, 0.1) is 25.4 Å². The number of allylic oxidation sites excluding steroid dienone is 2. The molecule has 0 saturated carbocycles. The SMILES string of the molecule is CCCCCCCCC/C=C\CCCCCCCCCC(=O)OCCCCCCCCCCCCCCCCCCCCCCC(=O)NC(CO)C(O)CCCCCCCCCCCCCCCCCCCCC. The Labute approximate surface area is 463 Å². The van der Waals surface area contributed by atoms with Crippen LogP contribution in [0.25, 0.3) is 0 Å². The third-order valence-electron chi connectivity index (χ3n) is 16.1. The second-order valence-corrected chi connectivity index (χ2v) is 23.5. The molecule has 6 nitrogen and oxygen atoms in total. The number of carbonyl (C=O) groups is 2. The van der Waals surface area contributed by atoms with Gasteiger partial charge in [0.25, 0.3) is 0 Å². The van der Waals surface area contributed by atoms with E-state index in [0.29, 0.717) is 25.9 Å². The number of aliphatic hydroxyl groups excluding tert-OH is 2. The topological polar surface area (TPSA) is 95.9 Å². The van der Waals surface area contributed by atoms with Crippen LogP contribution in [0.3, 0.4) is 0 Å². The van der Waals surface area contributed by atoms with Gasteiger partial charge in [0.15, 0.2) is 0 Å². The van der Waals surface area contributed by atoms with Crippen LogP contribution in [0.4, 0.5) is 0 Å². The lowest BCUT2D eigenvalue weighted by atomic mass is 10.0. The molecule has 0 radical (unpaired) electrons. The quantitative estimate of drug-likeness (QED) is 0.0320. The summed E-state index contributed by atoms with van der Waals surface area (Å²) in [5, 5.41) is 23.4. The average Bonchev–Trinajstić information content (AvgIpc) is 3.40. The lowest BCUT2D eigenvalue weighted by Gasteiger charge is -2.22. The first-order valence-electron chi connectivity index (χ1n) is 33.9. The molecule has 74 heavy (non-hydrogen) atoms. The highest BCUT2D eigenvalue weighted by Crippen LogP contribution is 2.19. The maximum Gasteiger partial charge on any atom is 0.305 e. The van der Waals surface area contributed by atoms with Crippen molar-refractivity contribution in [3.8, 4) is 0 Å². The Balaban J connectivity index is 3.38. The molecular formula is C68H133NO5. The van der Waals surface area contributed by atoms with Crippen molar-refractivity contribution in [1.29, 1.82) is 0 Å². The Morgan fingerprint density at radius 1 is 0.365 bits per heavy atom. The number of rotatable bonds is 64. The molecule has 0 aromatic carbocycles. The molecule has 0 aliphatic rings. The molecule has 3 N–H and O–H groups in total. The Hall–Kier alpha value is -1.40. The zero-order chi connectivity index (χ0) is 53.6. The van der Waals surface area contributed by atoms with Crippen LogP contribution < -0.4 is 5.32 Å². The first kappa shape index (κ1) is 72.6. The van der Waals surface area contributed by atoms with Crippen molar-refractivity contribution in [2.24, 2.45) is 0 Å². The highest BCUT2D eigenvalue weighted by atomic mass is 16.5. The van der Waals surface area contributed by atoms with E-state index >= 15 is 0 Å². The van der Waals surface area contributed by atoms with Gasteiger partial charge in [-0.2, -0.15) is 0 Å². The summed E-state index contributed by atoms with van der Waals surface area (Å²) in [4.78, 5) is 24.6. The van der Waals surface area contributed by atoms with E-state index in [0.717, 1.165) is 44.9 Å². The van der Waals surface area contributed by atoms with Crippen molar-refractivity contribution in [3.63, 3.8) is 0 Å². The fraction of sp³-hybridized carbons (Fsp3) is 0.941. The highest BCUT2D eigenvalue weighted by Gasteiger charge is 2.20. The monoisotopic (exact) mass is 1040 g/mol. The molecule has 0 aliphatic heterocycles. The number of amides is 1. The summed E-state index contributed by atoms with van der Waals surface area (Å²) in [6, 6.07) is -0.543. The van der Waals surface area contributed by atoms with E-state index in [2.05, 4.69) is 31.3 Å². The van der Waals surface area contributed by atoms with E-state index in [1.165, 1.54) is 308 Å². The van der Waals surface area contributed by atoms with Crippen molar-refractivity contribution in [2.75, 3.05) is 13.2 Å². The number of hydrogen-bond acceptors (Lipinski definition) is 5. The van der Waals surface area contributed by atoms with Gasteiger partial charge in [0, 0.05) is 12.8 Å². The van der Waals surface area contributed by atoms with Crippen molar-refractivity contribution >= 4 is 11.9 Å². The highest BCUT2D eigenvalue weighted by molar-refractivity contribution is 5.76. The fourth-order valence-electron chi connectivity index (χ4n) is 10.9. The molecule has 0 saturated heterocycles. The number of unbranched alkanes of at least 4 members (excludes halogenated alkanes) is 51. The first-order valence-corrected chi connectivity index (χ1v) is 33.9. The van der Waals surface area contributed by atoms with E-state index in [1.54, 1.807) is 0 Å². The zero-order valence-electron chi connectivity index (χ0n) is 50.4. The predicted molar refractivity (Wildman–Crippen MR) is 324 cm³/mol. The molecule has 0 aromatic heterocycles. The van der Waals surface area contributed by atoms with Crippen LogP contribution in [-0.4, -0.2) is 47.4 Å². The molecule has 0 bridgehead atoms. The molecule has 1 amide bonds. The number of nitrogens with one attached hydrogen (secondary N) is 1. The van der Waals surface area contributed by atoms with Gasteiger partial charge in [0.2, 0.25) is 5.91 Å². The Kier molecular flexibility index (Phi) is 62.9. The normalized spacial score (nSPS) is 12.5. The summed E-state index contributed by atoms with van der Waals surface area (Å²) < 4.78 is 5.50. The molecule has 0 fully saturated rings. The van der Waals surface area contributed by atoms with Gasteiger partial charge in [-0.3, -0.25) is 9.59 Å². The fourth-order valence-corrected chi connectivity index (χ4v) is 10.9. The summed E-state index contributed by atoms with van der Waals surface area (Å²) in [6.07, 6.45) is 78.1. The largest absolute Gasteiger partial charge is 0.466 e. The molecular weight excluding hydrogens is 911 g/mol. The minimum atomic E-state index is -0.666. The molecule has 0 heterocycles. The molecule has 0 spiro atoms. The van der Waals surface area contributed by atoms with Crippen LogP contribution in [-0.2, 0) is 14.3 Å². The van der Waals surface area contributed by atoms with Gasteiger partial charge in [0.1, 0.15) is 0 Å². The van der Waals surface area contributed by atoms with Gasteiger partial charge in [-0.1, -0.05) is 334 Å². The second-order valence-electron chi connectivity index (χ2n) is 23.5. The van der Waals surface area contributed by atoms with Gasteiger partial charge in [-0.25, -0.2) is 0 Å². The molecule has 6 heteroatoms. The minimum Gasteiger partial charge on any atom is -0.466 e. The first-order chi connectivity index (χ1) is 36.5. The van der Waals surface area contributed by atoms with Crippen LogP contribution in [0.2, 0.25) is 0 Å². The van der Waals surface area contributed by atoms with Gasteiger partial charge >= 0.3 is 5.97 Å². The van der Waals surface area contributed by atoms with Crippen molar-refractivity contribution in [3.05, 3.63) is 12.2 Å². The van der Waals surface area contributed by atoms with E-state index in [-0.39, 0.29) is 18.5 Å². The lowest BCUT2D eigenvalue weighted by Crippen LogP contribution is -2.45. The number of hydrogen-bond donors (Lipinski definition) is 3. The Morgan fingerprint density at radius 2 is 0.635 bits per heavy atom. The maximum atomic E-state index is 12.5. The van der Waals surface area contributed by atoms with Gasteiger partial charge in [-0.05, 0) is 51.4 Å². The number of aliphatic hydroxyl groups is 2. The van der Waals surface area contributed by atoms with Crippen LogP contribution >= 0.6 is 0 Å². The Bertz CT molecular complexity index is 1110. The molecule has 2 unspecified atom stereocenters. The Morgan fingerprint density at radius 3 is 0.959 bits per heavy atom. The lowest BCUT2D eigenvalue weighted by molar-refractivity contribution is -0.143. The summed E-state index contributed by atoms with van der Waals surface area (Å²) in [5.41, 5.74) is 0. The van der Waals surface area contributed by atoms with E-state index in [9.17, 15) is 19.8 Å². The van der Waals surface area contributed by atoms with Crippen LogP contribution in [0.5, 0.6) is 0 Å². The van der Waals surface area contributed by atoms with Gasteiger partial charge in [-0.15, -0.1) is 0 Å². The molecule has 0 rings (SSSR count). The van der Waals surface area contributed by atoms with Crippen LogP contribution in [0, 0.1) is 0 Å². The number of esters is 1. The number of carbonyl (C=O) groups excluding carboxylic acids is 2. The average molecular weight is 1040 g/mol. The number of ether oxygens (including phenoxy) is 1. The molecule has 0 aliphatic carbocycles. The summed E-state index contributed by atoms with van der Waals surface area (Å²) >= 11 is 0. The standard InChI is InChI=1S/C68H133NO5/c1-3-5-7-9-11-13-15-17-19-21-25-28-32-36-40-44-48-52-56-60-66(71)65(64-70)69-67(72)61-57-53-49-45-41-37-33-29-26-23-24-27-31-35-39-43-47-51-55-59-63-74-68(73)62-58-54-50-46-42-38-34-30-22-20-18-16-14-12-10-8-6-4-2/h20,22,65-66,70-71H,3-19,21,23-64H2,1-2H3,(H,69,72)/b22-20-. The summed E-state index contributed by atoms with van der Waals surface area (Å²) in [6.45, 7) is 4.98.